The molecule has 1 fully saturated rings. The Bertz CT molecular complexity index is 830. The average molecular weight is 396 g/mol. The SMILES string of the molecule is COC1CC(NC(=O)NC(c2c(C)nn(-c3ccccc3)c2C)C(F)(F)F)C1. The van der Waals surface area contributed by atoms with E-state index in [4.69, 9.17) is 4.74 Å². The minimum atomic E-state index is -4.66. The van der Waals surface area contributed by atoms with Crippen molar-refractivity contribution in [3.8, 4) is 5.69 Å². The van der Waals surface area contributed by atoms with Crippen molar-refractivity contribution in [3.63, 3.8) is 0 Å². The second-order valence-corrected chi connectivity index (χ2v) is 6.95. The van der Waals surface area contributed by atoms with E-state index in [0.29, 0.717) is 24.2 Å². The fourth-order valence-corrected chi connectivity index (χ4v) is 3.44. The van der Waals surface area contributed by atoms with Crippen molar-refractivity contribution in [2.24, 2.45) is 0 Å². The highest BCUT2D eigenvalue weighted by atomic mass is 19.4. The number of ether oxygens (including phenoxy) is 1. The third-order valence-corrected chi connectivity index (χ3v) is 5.00. The van der Waals surface area contributed by atoms with E-state index in [9.17, 15) is 18.0 Å². The standard InChI is InChI=1S/C19H23F3N4O2/c1-11-16(12(2)26(25-11)14-7-5-4-6-8-14)17(19(20,21)22)24-18(27)23-13-9-15(10-13)28-3/h4-8,13,15,17H,9-10H2,1-3H3,(H2,23,24,27). The topological polar surface area (TPSA) is 68.2 Å². The number of nitrogens with one attached hydrogen (secondary N) is 2. The van der Waals surface area contributed by atoms with Crippen LogP contribution in [0.3, 0.4) is 0 Å². The van der Waals surface area contributed by atoms with Crippen LogP contribution in [0.1, 0.15) is 35.8 Å². The normalized spacial score (nSPS) is 20.4. The number of aromatic nitrogens is 2. The van der Waals surface area contributed by atoms with E-state index in [1.807, 2.05) is 6.07 Å². The lowest BCUT2D eigenvalue weighted by molar-refractivity contribution is -0.155. The summed E-state index contributed by atoms with van der Waals surface area (Å²) in [7, 11) is 1.57. The maximum absolute atomic E-state index is 13.8. The Balaban J connectivity index is 1.83. The van der Waals surface area contributed by atoms with Crippen LogP contribution in [0.5, 0.6) is 0 Å². The van der Waals surface area contributed by atoms with E-state index in [2.05, 4.69) is 15.7 Å². The number of nitrogens with zero attached hydrogens (tertiary/aromatic N) is 2. The summed E-state index contributed by atoms with van der Waals surface area (Å²) in [6.07, 6.45) is -3.45. The molecule has 9 heteroatoms. The Morgan fingerprint density at radius 3 is 2.46 bits per heavy atom. The van der Waals surface area contributed by atoms with Gasteiger partial charge in [-0.3, -0.25) is 0 Å². The molecule has 1 heterocycles. The van der Waals surface area contributed by atoms with Gasteiger partial charge in [0.2, 0.25) is 0 Å². The molecular weight excluding hydrogens is 373 g/mol. The molecule has 1 aliphatic carbocycles. The average Bonchev–Trinajstić information content (AvgIpc) is 2.90. The molecule has 28 heavy (non-hydrogen) atoms. The summed E-state index contributed by atoms with van der Waals surface area (Å²) in [5, 5.41) is 8.92. The monoisotopic (exact) mass is 396 g/mol. The number of urea groups is 1. The largest absolute Gasteiger partial charge is 0.413 e. The number of benzene rings is 1. The highest BCUT2D eigenvalue weighted by Gasteiger charge is 2.45. The van der Waals surface area contributed by atoms with Gasteiger partial charge in [0.15, 0.2) is 6.04 Å². The summed E-state index contributed by atoms with van der Waals surface area (Å²) in [6, 6.07) is 5.71. The first kappa shape index (κ1) is 20.2. The van der Waals surface area contributed by atoms with Crippen LogP contribution in [0.25, 0.3) is 5.69 Å². The molecular formula is C19H23F3N4O2. The molecule has 1 saturated carbocycles. The number of aryl methyl sites for hydroxylation is 1. The van der Waals surface area contributed by atoms with Crippen LogP contribution in [0, 0.1) is 13.8 Å². The molecule has 152 valence electrons. The van der Waals surface area contributed by atoms with Gasteiger partial charge < -0.3 is 15.4 Å². The first-order valence-electron chi connectivity index (χ1n) is 8.98. The predicted octanol–water partition coefficient (Wildman–Crippen LogP) is 3.57. The van der Waals surface area contributed by atoms with Gasteiger partial charge in [-0.2, -0.15) is 18.3 Å². The number of amides is 2. The summed E-state index contributed by atoms with van der Waals surface area (Å²) in [5.74, 6) is 0. The van der Waals surface area contributed by atoms with Gasteiger partial charge in [0.25, 0.3) is 0 Å². The lowest BCUT2D eigenvalue weighted by atomic mass is 9.89. The smallest absolute Gasteiger partial charge is 0.381 e. The molecule has 0 saturated heterocycles. The molecule has 1 aliphatic rings. The Kier molecular flexibility index (Phi) is 5.64. The van der Waals surface area contributed by atoms with Gasteiger partial charge in [-0.1, -0.05) is 18.2 Å². The second-order valence-electron chi connectivity index (χ2n) is 6.95. The number of halogens is 3. The van der Waals surface area contributed by atoms with Gasteiger partial charge in [-0.25, -0.2) is 9.48 Å². The van der Waals surface area contributed by atoms with Crippen molar-refractivity contribution in [2.45, 2.75) is 51.1 Å². The Hall–Kier alpha value is -2.55. The number of carbonyl (C=O) groups excluding carboxylic acids is 1. The van der Waals surface area contributed by atoms with Crippen molar-refractivity contribution in [1.29, 1.82) is 0 Å². The molecule has 2 aromatic rings. The second kappa shape index (κ2) is 7.83. The Morgan fingerprint density at radius 2 is 1.89 bits per heavy atom. The van der Waals surface area contributed by atoms with E-state index in [0.717, 1.165) is 0 Å². The van der Waals surface area contributed by atoms with E-state index in [-0.39, 0.29) is 23.4 Å². The number of hydrogen-bond donors (Lipinski definition) is 2. The maximum atomic E-state index is 13.8. The van der Waals surface area contributed by atoms with E-state index < -0.39 is 18.2 Å². The Morgan fingerprint density at radius 1 is 1.25 bits per heavy atom. The number of hydrogen-bond acceptors (Lipinski definition) is 3. The molecule has 6 nitrogen and oxygen atoms in total. The summed E-state index contributed by atoms with van der Waals surface area (Å²) >= 11 is 0. The molecule has 0 bridgehead atoms. The van der Waals surface area contributed by atoms with Crippen molar-refractivity contribution in [3.05, 3.63) is 47.3 Å². The molecule has 1 aromatic heterocycles. The molecule has 0 spiro atoms. The first-order valence-corrected chi connectivity index (χ1v) is 8.98. The zero-order chi connectivity index (χ0) is 20.5. The fourth-order valence-electron chi connectivity index (χ4n) is 3.44. The molecule has 1 unspecified atom stereocenters. The highest BCUT2D eigenvalue weighted by Crippen LogP contribution is 2.36. The highest BCUT2D eigenvalue weighted by molar-refractivity contribution is 5.75. The predicted molar refractivity (Wildman–Crippen MR) is 97.3 cm³/mol. The molecule has 1 atom stereocenters. The van der Waals surface area contributed by atoms with Gasteiger partial charge in [0.05, 0.1) is 17.5 Å². The van der Waals surface area contributed by atoms with Crippen LogP contribution in [0.4, 0.5) is 18.0 Å². The molecule has 2 N–H and O–H groups in total. The van der Waals surface area contributed by atoms with Gasteiger partial charge in [-0.15, -0.1) is 0 Å². The van der Waals surface area contributed by atoms with Crippen LogP contribution in [-0.4, -0.2) is 41.2 Å². The van der Waals surface area contributed by atoms with Crippen molar-refractivity contribution >= 4 is 6.03 Å². The summed E-state index contributed by atoms with van der Waals surface area (Å²) in [4.78, 5) is 12.2. The van der Waals surface area contributed by atoms with E-state index in [1.165, 1.54) is 11.6 Å². The van der Waals surface area contributed by atoms with Crippen LogP contribution >= 0.6 is 0 Å². The summed E-state index contributed by atoms with van der Waals surface area (Å²) in [5.41, 5.74) is 1.15. The summed E-state index contributed by atoms with van der Waals surface area (Å²) < 4.78 is 47.9. The third kappa shape index (κ3) is 4.14. The lowest BCUT2D eigenvalue weighted by Crippen LogP contribution is -2.52. The number of rotatable bonds is 5. The molecule has 1 aromatic carbocycles. The lowest BCUT2D eigenvalue weighted by Gasteiger charge is -2.35. The molecule has 2 amide bonds. The van der Waals surface area contributed by atoms with Crippen LogP contribution in [0.15, 0.2) is 30.3 Å². The minimum Gasteiger partial charge on any atom is -0.381 e. The van der Waals surface area contributed by atoms with Crippen LogP contribution in [-0.2, 0) is 4.74 Å². The van der Waals surface area contributed by atoms with Crippen LogP contribution < -0.4 is 10.6 Å². The first-order chi connectivity index (χ1) is 13.2. The summed E-state index contributed by atoms with van der Waals surface area (Å²) in [6.45, 7) is 3.07. The zero-order valence-electron chi connectivity index (χ0n) is 15.9. The van der Waals surface area contributed by atoms with Crippen LogP contribution in [0.2, 0.25) is 0 Å². The van der Waals surface area contributed by atoms with Crippen molar-refractivity contribution in [2.75, 3.05) is 7.11 Å². The van der Waals surface area contributed by atoms with Gasteiger partial charge >= 0.3 is 12.2 Å². The van der Waals surface area contributed by atoms with E-state index in [1.54, 1.807) is 38.3 Å². The van der Waals surface area contributed by atoms with E-state index >= 15 is 0 Å². The third-order valence-electron chi connectivity index (χ3n) is 5.00. The van der Waals surface area contributed by atoms with Gasteiger partial charge in [0, 0.05) is 24.4 Å². The number of methoxy groups -OCH3 is 1. The van der Waals surface area contributed by atoms with Crippen molar-refractivity contribution in [1.82, 2.24) is 20.4 Å². The Labute approximate surface area is 161 Å². The maximum Gasteiger partial charge on any atom is 0.413 e. The van der Waals surface area contributed by atoms with Gasteiger partial charge in [0.1, 0.15) is 0 Å². The molecule has 0 aliphatic heterocycles. The molecule has 0 radical (unpaired) electrons. The fraction of sp³-hybridized carbons (Fsp3) is 0.474. The molecule has 3 rings (SSSR count). The number of alkyl halides is 3. The zero-order valence-corrected chi connectivity index (χ0v) is 15.9. The number of carbonyl (C=O) groups is 1. The number of para-hydroxylation sites is 1. The van der Waals surface area contributed by atoms with Crippen molar-refractivity contribution < 1.29 is 22.7 Å². The quantitative estimate of drug-likeness (QED) is 0.812. The van der Waals surface area contributed by atoms with Gasteiger partial charge in [-0.05, 0) is 38.8 Å². The minimum absolute atomic E-state index is 0.0392.